The highest BCUT2D eigenvalue weighted by atomic mass is 32.2. The fourth-order valence-electron chi connectivity index (χ4n) is 3.29. The van der Waals surface area contributed by atoms with Gasteiger partial charge in [0.25, 0.3) is 0 Å². The quantitative estimate of drug-likeness (QED) is 0.810. The van der Waals surface area contributed by atoms with Crippen LogP contribution in [0.5, 0.6) is 0 Å². The molecule has 0 radical (unpaired) electrons. The van der Waals surface area contributed by atoms with E-state index in [-0.39, 0.29) is 18.8 Å². The van der Waals surface area contributed by atoms with Gasteiger partial charge in [-0.1, -0.05) is 30.3 Å². The summed E-state index contributed by atoms with van der Waals surface area (Å²) in [6.45, 7) is 0.117. The molecule has 6 nitrogen and oxygen atoms in total. The SMILES string of the molecule is O=S(=O)(O)NCC[C@@H]1OC2(CCCC2)O[C@H]1c1ccccc1. The van der Waals surface area contributed by atoms with Crippen molar-refractivity contribution in [2.75, 3.05) is 6.54 Å². The van der Waals surface area contributed by atoms with Gasteiger partial charge in [-0.05, 0) is 24.8 Å². The van der Waals surface area contributed by atoms with E-state index >= 15 is 0 Å². The van der Waals surface area contributed by atoms with Gasteiger partial charge in [-0.2, -0.15) is 13.1 Å². The first-order valence-electron chi connectivity index (χ1n) is 7.60. The van der Waals surface area contributed by atoms with E-state index in [0.717, 1.165) is 31.2 Å². The fourth-order valence-corrected chi connectivity index (χ4v) is 3.66. The van der Waals surface area contributed by atoms with Crippen LogP contribution in [0.1, 0.15) is 43.8 Å². The Bertz CT molecular complexity index is 598. The number of hydrogen-bond donors (Lipinski definition) is 2. The molecule has 0 aromatic heterocycles. The van der Waals surface area contributed by atoms with Crippen LogP contribution in [0.4, 0.5) is 0 Å². The van der Waals surface area contributed by atoms with Crippen molar-refractivity contribution in [2.45, 2.75) is 50.1 Å². The van der Waals surface area contributed by atoms with Gasteiger partial charge >= 0.3 is 10.3 Å². The van der Waals surface area contributed by atoms with Crippen molar-refractivity contribution in [1.82, 2.24) is 4.72 Å². The first-order valence-corrected chi connectivity index (χ1v) is 9.04. The van der Waals surface area contributed by atoms with Crippen molar-refractivity contribution in [1.29, 1.82) is 0 Å². The van der Waals surface area contributed by atoms with Crippen LogP contribution < -0.4 is 4.72 Å². The normalized spacial score (nSPS) is 27.5. The summed E-state index contributed by atoms with van der Waals surface area (Å²) < 4.78 is 44.8. The van der Waals surface area contributed by atoms with Crippen molar-refractivity contribution in [2.24, 2.45) is 0 Å². The van der Waals surface area contributed by atoms with E-state index in [2.05, 4.69) is 4.72 Å². The maximum absolute atomic E-state index is 10.8. The van der Waals surface area contributed by atoms with Crippen LogP contribution >= 0.6 is 0 Å². The molecule has 2 aliphatic rings. The average Bonchev–Trinajstić information content (AvgIpc) is 3.07. The second kappa shape index (κ2) is 6.25. The molecular weight excluding hydrogens is 306 g/mol. The fraction of sp³-hybridized carbons (Fsp3) is 0.600. The maximum Gasteiger partial charge on any atom is 0.333 e. The second-order valence-electron chi connectivity index (χ2n) is 5.88. The van der Waals surface area contributed by atoms with Crippen molar-refractivity contribution < 1.29 is 22.4 Å². The lowest BCUT2D eigenvalue weighted by Crippen LogP contribution is -2.29. The van der Waals surface area contributed by atoms with Crippen molar-refractivity contribution in [3.05, 3.63) is 35.9 Å². The summed E-state index contributed by atoms with van der Waals surface area (Å²) in [4.78, 5) is 0. The Morgan fingerprint density at radius 1 is 1.18 bits per heavy atom. The smallest absolute Gasteiger partial charge is 0.333 e. The third-order valence-corrected chi connectivity index (χ3v) is 4.82. The Balaban J connectivity index is 1.72. The van der Waals surface area contributed by atoms with Crippen LogP contribution in [0.3, 0.4) is 0 Å². The summed E-state index contributed by atoms with van der Waals surface area (Å²) in [5.74, 6) is -0.525. The second-order valence-corrected chi connectivity index (χ2v) is 7.12. The van der Waals surface area contributed by atoms with Gasteiger partial charge < -0.3 is 9.47 Å². The first-order chi connectivity index (χ1) is 10.5. The highest BCUT2D eigenvalue weighted by Crippen LogP contribution is 2.47. The topological polar surface area (TPSA) is 84.9 Å². The molecule has 0 bridgehead atoms. The predicted octanol–water partition coefficient (Wildman–Crippen LogP) is 2.20. The molecule has 22 heavy (non-hydrogen) atoms. The summed E-state index contributed by atoms with van der Waals surface area (Å²) in [5.41, 5.74) is 1.03. The van der Waals surface area contributed by atoms with Crippen LogP contribution in [0, 0.1) is 0 Å². The summed E-state index contributed by atoms with van der Waals surface area (Å²) in [7, 11) is -4.17. The highest BCUT2D eigenvalue weighted by Gasteiger charge is 2.49. The molecule has 1 aromatic rings. The highest BCUT2D eigenvalue weighted by molar-refractivity contribution is 7.83. The van der Waals surface area contributed by atoms with E-state index < -0.39 is 16.1 Å². The Morgan fingerprint density at radius 2 is 1.86 bits per heavy atom. The zero-order valence-electron chi connectivity index (χ0n) is 12.3. The number of hydrogen-bond acceptors (Lipinski definition) is 4. The minimum absolute atomic E-state index is 0.117. The Hall–Kier alpha value is -0.990. The van der Waals surface area contributed by atoms with Crippen molar-refractivity contribution in [3.8, 4) is 0 Å². The van der Waals surface area contributed by atoms with Gasteiger partial charge in [0, 0.05) is 19.4 Å². The molecule has 2 fully saturated rings. The molecule has 1 spiro atoms. The number of rotatable bonds is 5. The molecule has 3 rings (SSSR count). The van der Waals surface area contributed by atoms with Crippen LogP contribution in [0.25, 0.3) is 0 Å². The molecule has 1 heterocycles. The predicted molar refractivity (Wildman–Crippen MR) is 80.5 cm³/mol. The molecule has 1 aromatic carbocycles. The number of nitrogens with one attached hydrogen (secondary N) is 1. The van der Waals surface area contributed by atoms with Gasteiger partial charge in [0.05, 0.1) is 6.10 Å². The molecule has 1 saturated carbocycles. The van der Waals surface area contributed by atoms with Gasteiger partial charge in [0.15, 0.2) is 5.79 Å². The first kappa shape index (κ1) is 15.9. The molecule has 7 heteroatoms. The van der Waals surface area contributed by atoms with Crippen LogP contribution in [-0.2, 0) is 19.8 Å². The largest absolute Gasteiger partial charge is 0.344 e. The van der Waals surface area contributed by atoms with Gasteiger partial charge in [-0.3, -0.25) is 4.55 Å². The molecule has 1 saturated heterocycles. The van der Waals surface area contributed by atoms with Gasteiger partial charge in [-0.15, -0.1) is 0 Å². The molecule has 0 unspecified atom stereocenters. The lowest BCUT2D eigenvalue weighted by atomic mass is 10.0. The third-order valence-electron chi connectivity index (χ3n) is 4.25. The number of ether oxygens (including phenoxy) is 2. The van der Waals surface area contributed by atoms with Crippen LogP contribution in [-0.4, -0.2) is 31.4 Å². The van der Waals surface area contributed by atoms with E-state index in [9.17, 15) is 8.42 Å². The molecular formula is C15H21NO5S. The van der Waals surface area contributed by atoms with E-state index in [1.54, 1.807) is 0 Å². The summed E-state index contributed by atoms with van der Waals surface area (Å²) in [6.07, 6.45) is 3.92. The van der Waals surface area contributed by atoms with E-state index in [1.165, 1.54) is 0 Å². The van der Waals surface area contributed by atoms with E-state index in [4.69, 9.17) is 14.0 Å². The Morgan fingerprint density at radius 3 is 2.50 bits per heavy atom. The zero-order valence-corrected chi connectivity index (χ0v) is 13.1. The standard InChI is InChI=1S/C15H21NO5S/c17-22(18,19)16-11-8-13-14(12-6-2-1-3-7-12)21-15(20-13)9-4-5-10-15/h1-3,6-7,13-14,16H,4-5,8-11H2,(H,17,18,19)/t13-,14-/m0/s1. The van der Waals surface area contributed by atoms with Crippen molar-refractivity contribution >= 4 is 10.3 Å². The van der Waals surface area contributed by atoms with Gasteiger partial charge in [0.2, 0.25) is 0 Å². The molecule has 2 N–H and O–H groups in total. The minimum Gasteiger partial charge on any atom is -0.344 e. The molecule has 1 aliphatic heterocycles. The lowest BCUT2D eigenvalue weighted by molar-refractivity contribution is -0.170. The van der Waals surface area contributed by atoms with Crippen LogP contribution in [0.2, 0.25) is 0 Å². The molecule has 1 aliphatic carbocycles. The summed E-state index contributed by atoms with van der Waals surface area (Å²) in [6, 6.07) is 9.83. The zero-order chi connectivity index (χ0) is 15.6. The Kier molecular flexibility index (Phi) is 4.52. The summed E-state index contributed by atoms with van der Waals surface area (Å²) >= 11 is 0. The Labute approximate surface area is 130 Å². The van der Waals surface area contributed by atoms with Crippen molar-refractivity contribution in [3.63, 3.8) is 0 Å². The van der Waals surface area contributed by atoms with Crippen LogP contribution in [0.15, 0.2) is 30.3 Å². The number of benzene rings is 1. The monoisotopic (exact) mass is 327 g/mol. The molecule has 122 valence electrons. The van der Waals surface area contributed by atoms with Gasteiger partial charge in [0.1, 0.15) is 6.10 Å². The van der Waals surface area contributed by atoms with E-state index in [0.29, 0.717) is 6.42 Å². The van der Waals surface area contributed by atoms with E-state index in [1.807, 2.05) is 30.3 Å². The summed E-state index contributed by atoms with van der Waals surface area (Å²) in [5, 5.41) is 0. The minimum atomic E-state index is -4.17. The molecule has 0 amide bonds. The molecule has 2 atom stereocenters. The average molecular weight is 327 g/mol. The van der Waals surface area contributed by atoms with Gasteiger partial charge in [-0.25, -0.2) is 0 Å². The third kappa shape index (κ3) is 3.67. The lowest BCUT2D eigenvalue weighted by Gasteiger charge is -2.22. The maximum atomic E-state index is 10.8.